The Bertz CT molecular complexity index is 994. The van der Waals surface area contributed by atoms with E-state index in [1.165, 1.54) is 0 Å². The quantitative estimate of drug-likeness (QED) is 0.619. The molecule has 2 amide bonds. The first-order valence-corrected chi connectivity index (χ1v) is 8.80. The summed E-state index contributed by atoms with van der Waals surface area (Å²) in [6.07, 6.45) is 0.148. The highest BCUT2D eigenvalue weighted by atomic mass is 16.3. The lowest BCUT2D eigenvalue weighted by atomic mass is 10.0. The minimum atomic E-state index is -1.10. The molecule has 0 spiro atoms. The smallest absolute Gasteiger partial charge is 0.288 e. The van der Waals surface area contributed by atoms with Crippen molar-refractivity contribution in [3.8, 4) is 11.1 Å². The van der Waals surface area contributed by atoms with E-state index in [-0.39, 0.29) is 12.2 Å². The van der Waals surface area contributed by atoms with Gasteiger partial charge in [-0.25, -0.2) is 0 Å². The zero-order valence-corrected chi connectivity index (χ0v) is 15.3. The Labute approximate surface area is 162 Å². The number of ketones is 1. The number of Topliss-reactive ketones (excluding diaryl/α,β-unsaturated/α-hetero) is 1. The molecule has 3 N–H and O–H groups in total. The summed E-state index contributed by atoms with van der Waals surface area (Å²) in [7, 11) is 0. The van der Waals surface area contributed by atoms with Gasteiger partial charge in [0.05, 0.1) is 0 Å². The Balaban J connectivity index is 1.88. The van der Waals surface area contributed by atoms with Gasteiger partial charge in [0.25, 0.3) is 11.8 Å². The van der Waals surface area contributed by atoms with Gasteiger partial charge in [0.2, 0.25) is 5.78 Å². The predicted octanol–water partition coefficient (Wildman–Crippen LogP) is 2.65. The number of primary amides is 1. The number of aryl methyl sites for hydroxylation is 1. The van der Waals surface area contributed by atoms with Crippen LogP contribution in [0.25, 0.3) is 11.1 Å². The molecule has 0 aliphatic carbocycles. The number of hydrogen-bond donors (Lipinski definition) is 2. The van der Waals surface area contributed by atoms with Gasteiger partial charge in [-0.2, -0.15) is 0 Å². The Hall–Kier alpha value is -3.67. The number of rotatable bonds is 7. The molecule has 2 aromatic carbocycles. The van der Waals surface area contributed by atoms with E-state index in [0.717, 1.165) is 11.1 Å². The van der Waals surface area contributed by atoms with E-state index in [2.05, 4.69) is 5.32 Å². The Morgan fingerprint density at radius 1 is 1.00 bits per heavy atom. The van der Waals surface area contributed by atoms with Gasteiger partial charge in [-0.15, -0.1) is 0 Å². The van der Waals surface area contributed by atoms with Crippen LogP contribution in [0.5, 0.6) is 0 Å². The van der Waals surface area contributed by atoms with Crippen molar-refractivity contribution >= 4 is 17.6 Å². The maximum atomic E-state index is 12.9. The molecule has 1 unspecified atom stereocenters. The molecule has 0 radical (unpaired) electrons. The molecule has 0 aliphatic heterocycles. The largest absolute Gasteiger partial charge is 0.456 e. The number of benzene rings is 2. The fraction of sp³-hybridized carbons (Fsp3) is 0.136. The molecule has 142 valence electrons. The molecular formula is C22H20N2O4. The lowest BCUT2D eigenvalue weighted by Gasteiger charge is -2.16. The van der Waals surface area contributed by atoms with Crippen molar-refractivity contribution in [3.63, 3.8) is 0 Å². The average Bonchev–Trinajstić information content (AvgIpc) is 3.10. The fourth-order valence-corrected chi connectivity index (χ4v) is 2.97. The van der Waals surface area contributed by atoms with Gasteiger partial charge in [-0.1, -0.05) is 60.7 Å². The van der Waals surface area contributed by atoms with Gasteiger partial charge in [-0.3, -0.25) is 14.4 Å². The van der Waals surface area contributed by atoms with Crippen molar-refractivity contribution in [1.29, 1.82) is 0 Å². The Morgan fingerprint density at radius 3 is 2.21 bits per heavy atom. The summed E-state index contributed by atoms with van der Waals surface area (Å²) >= 11 is 0. The molecular weight excluding hydrogens is 356 g/mol. The highest BCUT2D eigenvalue weighted by Gasteiger charge is 2.28. The Morgan fingerprint density at radius 2 is 1.61 bits per heavy atom. The predicted molar refractivity (Wildman–Crippen MR) is 104 cm³/mol. The monoisotopic (exact) mass is 376 g/mol. The van der Waals surface area contributed by atoms with Gasteiger partial charge in [-0.05, 0) is 24.1 Å². The zero-order chi connectivity index (χ0) is 20.1. The summed E-state index contributed by atoms with van der Waals surface area (Å²) in [6.45, 7) is 1.74. The van der Waals surface area contributed by atoms with Crippen LogP contribution in [0.1, 0.15) is 21.9 Å². The van der Waals surface area contributed by atoms with Crippen molar-refractivity contribution in [2.24, 2.45) is 5.73 Å². The van der Waals surface area contributed by atoms with E-state index < -0.39 is 23.6 Å². The van der Waals surface area contributed by atoms with Crippen LogP contribution < -0.4 is 11.1 Å². The molecule has 6 nitrogen and oxygen atoms in total. The van der Waals surface area contributed by atoms with E-state index in [0.29, 0.717) is 11.3 Å². The molecule has 28 heavy (non-hydrogen) atoms. The summed E-state index contributed by atoms with van der Waals surface area (Å²) in [4.78, 5) is 36.6. The van der Waals surface area contributed by atoms with Crippen LogP contribution in [0.4, 0.5) is 0 Å². The van der Waals surface area contributed by atoms with E-state index in [1.54, 1.807) is 25.1 Å². The summed E-state index contributed by atoms with van der Waals surface area (Å²) in [5.74, 6) is -1.90. The van der Waals surface area contributed by atoms with Crippen LogP contribution in [0.3, 0.4) is 0 Å². The van der Waals surface area contributed by atoms with E-state index >= 15 is 0 Å². The Kier molecular flexibility index (Phi) is 5.69. The normalized spacial score (nSPS) is 11.6. The second kappa shape index (κ2) is 8.35. The van der Waals surface area contributed by atoms with E-state index in [9.17, 15) is 14.4 Å². The standard InChI is InChI=1S/C22H20N2O4/c1-14-12-17(16-10-6-3-7-11-16)20(28-14)22(27)24-18(19(25)21(23)26)13-15-8-4-2-5-9-15/h2-12,18H,13H2,1H3,(H2,23,26)(H,24,27). The number of carbonyl (C=O) groups excluding carboxylic acids is 3. The second-order valence-corrected chi connectivity index (χ2v) is 6.41. The van der Waals surface area contributed by atoms with E-state index in [4.69, 9.17) is 10.2 Å². The van der Waals surface area contributed by atoms with Crippen LogP contribution in [0.15, 0.2) is 71.1 Å². The summed E-state index contributed by atoms with van der Waals surface area (Å²) < 4.78 is 5.58. The molecule has 3 rings (SSSR count). The first kappa shape index (κ1) is 19.1. The SMILES string of the molecule is Cc1cc(-c2ccccc2)c(C(=O)NC(Cc2ccccc2)C(=O)C(N)=O)o1. The van der Waals surface area contributed by atoms with Gasteiger partial charge in [0.15, 0.2) is 5.76 Å². The maximum absolute atomic E-state index is 12.9. The molecule has 1 heterocycles. The van der Waals surface area contributed by atoms with Crippen LogP contribution in [-0.4, -0.2) is 23.6 Å². The summed E-state index contributed by atoms with van der Waals surface area (Å²) in [5.41, 5.74) is 7.38. The third kappa shape index (κ3) is 4.35. The third-order valence-corrected chi connectivity index (χ3v) is 4.29. The molecule has 0 saturated carbocycles. The van der Waals surface area contributed by atoms with Crippen LogP contribution in [0, 0.1) is 6.92 Å². The zero-order valence-electron chi connectivity index (χ0n) is 15.3. The maximum Gasteiger partial charge on any atom is 0.288 e. The van der Waals surface area contributed by atoms with Crippen LogP contribution in [0.2, 0.25) is 0 Å². The molecule has 0 bridgehead atoms. The molecule has 6 heteroatoms. The minimum Gasteiger partial charge on any atom is -0.456 e. The first-order valence-electron chi connectivity index (χ1n) is 8.80. The summed E-state index contributed by atoms with van der Waals surface area (Å²) in [6, 6.07) is 19.0. The first-order chi connectivity index (χ1) is 13.5. The molecule has 1 aromatic heterocycles. The van der Waals surface area contributed by atoms with Gasteiger partial charge in [0, 0.05) is 12.0 Å². The number of hydrogen-bond acceptors (Lipinski definition) is 4. The molecule has 3 aromatic rings. The fourth-order valence-electron chi connectivity index (χ4n) is 2.97. The van der Waals surface area contributed by atoms with Crippen molar-refractivity contribution < 1.29 is 18.8 Å². The number of furan rings is 1. The van der Waals surface area contributed by atoms with Crippen LogP contribution >= 0.6 is 0 Å². The second-order valence-electron chi connectivity index (χ2n) is 6.41. The third-order valence-electron chi connectivity index (χ3n) is 4.29. The van der Waals surface area contributed by atoms with Crippen molar-refractivity contribution in [2.75, 3.05) is 0 Å². The van der Waals surface area contributed by atoms with Crippen molar-refractivity contribution in [2.45, 2.75) is 19.4 Å². The van der Waals surface area contributed by atoms with Crippen molar-refractivity contribution in [1.82, 2.24) is 5.32 Å². The van der Waals surface area contributed by atoms with Crippen LogP contribution in [-0.2, 0) is 16.0 Å². The van der Waals surface area contributed by atoms with Gasteiger partial charge in [0.1, 0.15) is 11.8 Å². The van der Waals surface area contributed by atoms with Gasteiger partial charge >= 0.3 is 0 Å². The average molecular weight is 376 g/mol. The molecule has 0 saturated heterocycles. The highest BCUT2D eigenvalue weighted by molar-refractivity contribution is 6.38. The lowest BCUT2D eigenvalue weighted by Crippen LogP contribution is -2.47. The lowest BCUT2D eigenvalue weighted by molar-refractivity contribution is -0.137. The van der Waals surface area contributed by atoms with Crippen molar-refractivity contribution in [3.05, 3.63) is 83.8 Å². The number of amides is 2. The number of carbonyl (C=O) groups is 3. The van der Waals surface area contributed by atoms with Gasteiger partial charge < -0.3 is 15.5 Å². The number of nitrogens with one attached hydrogen (secondary N) is 1. The minimum absolute atomic E-state index is 0.0824. The number of nitrogens with two attached hydrogens (primary N) is 1. The molecule has 0 aliphatic rings. The highest BCUT2D eigenvalue weighted by Crippen LogP contribution is 2.27. The molecule has 1 atom stereocenters. The summed E-state index contributed by atoms with van der Waals surface area (Å²) in [5, 5.41) is 2.60. The van der Waals surface area contributed by atoms with E-state index in [1.807, 2.05) is 48.5 Å². The topological polar surface area (TPSA) is 102 Å². The molecule has 0 fully saturated rings.